The molecular weight excluding hydrogens is 218 g/mol. The van der Waals surface area contributed by atoms with E-state index < -0.39 is 0 Å². The number of methoxy groups -OCH3 is 1. The molecule has 0 saturated heterocycles. The number of rotatable bonds is 3. The maximum Gasteiger partial charge on any atom is 0.219 e. The van der Waals surface area contributed by atoms with Gasteiger partial charge in [0, 0.05) is 11.6 Å². The highest BCUT2D eigenvalue weighted by Crippen LogP contribution is 2.29. The lowest BCUT2D eigenvalue weighted by atomic mass is 10.2. The van der Waals surface area contributed by atoms with Crippen LogP contribution in [0.1, 0.15) is 5.56 Å². The van der Waals surface area contributed by atoms with Crippen molar-refractivity contribution in [1.82, 2.24) is 4.98 Å². The van der Waals surface area contributed by atoms with Gasteiger partial charge >= 0.3 is 0 Å². The summed E-state index contributed by atoms with van der Waals surface area (Å²) < 4.78 is 10.6. The lowest BCUT2D eigenvalue weighted by Gasteiger charge is -2.08. The van der Waals surface area contributed by atoms with Gasteiger partial charge in [-0.15, -0.1) is 0 Å². The molecular formula is C13H13NO3. The van der Waals surface area contributed by atoms with Gasteiger partial charge in [-0.05, 0) is 25.1 Å². The van der Waals surface area contributed by atoms with E-state index in [1.807, 2.05) is 0 Å². The van der Waals surface area contributed by atoms with Crippen molar-refractivity contribution in [2.24, 2.45) is 0 Å². The Morgan fingerprint density at radius 1 is 1.18 bits per heavy atom. The minimum absolute atomic E-state index is 0.205. The van der Waals surface area contributed by atoms with Crippen LogP contribution in [0.4, 0.5) is 0 Å². The zero-order valence-electron chi connectivity index (χ0n) is 9.68. The van der Waals surface area contributed by atoms with Crippen LogP contribution in [0.15, 0.2) is 36.5 Å². The summed E-state index contributed by atoms with van der Waals surface area (Å²) in [7, 11) is 1.58. The SMILES string of the molecule is COc1ccc(Oc2cccc(O)c2C)nc1. The predicted molar refractivity (Wildman–Crippen MR) is 63.7 cm³/mol. The second-order valence-electron chi connectivity index (χ2n) is 3.54. The quantitative estimate of drug-likeness (QED) is 0.882. The van der Waals surface area contributed by atoms with Gasteiger partial charge in [0.25, 0.3) is 0 Å². The van der Waals surface area contributed by atoms with E-state index in [2.05, 4.69) is 4.98 Å². The van der Waals surface area contributed by atoms with Crippen LogP contribution in [0.3, 0.4) is 0 Å². The molecule has 1 heterocycles. The fourth-order valence-electron chi connectivity index (χ4n) is 1.37. The number of aromatic hydroxyl groups is 1. The smallest absolute Gasteiger partial charge is 0.219 e. The molecule has 4 nitrogen and oxygen atoms in total. The lowest BCUT2D eigenvalue weighted by Crippen LogP contribution is -1.91. The van der Waals surface area contributed by atoms with E-state index in [0.717, 1.165) is 0 Å². The number of benzene rings is 1. The fourth-order valence-corrected chi connectivity index (χ4v) is 1.37. The molecule has 0 bridgehead atoms. The van der Waals surface area contributed by atoms with Crippen molar-refractivity contribution >= 4 is 0 Å². The van der Waals surface area contributed by atoms with Gasteiger partial charge in [-0.3, -0.25) is 0 Å². The highest BCUT2D eigenvalue weighted by molar-refractivity contribution is 5.44. The summed E-state index contributed by atoms with van der Waals surface area (Å²) in [6.45, 7) is 1.79. The number of phenols is 1. The Bertz CT molecular complexity index is 509. The maximum atomic E-state index is 9.54. The minimum atomic E-state index is 0.205. The molecule has 0 saturated carbocycles. The van der Waals surface area contributed by atoms with Crippen LogP contribution in [0.25, 0.3) is 0 Å². The summed E-state index contributed by atoms with van der Waals surface area (Å²) in [5.74, 6) is 1.92. The Morgan fingerprint density at radius 2 is 2.00 bits per heavy atom. The molecule has 2 rings (SSSR count). The number of ether oxygens (including phenoxy) is 2. The standard InChI is InChI=1S/C13H13NO3/c1-9-11(15)4-3-5-12(9)17-13-7-6-10(16-2)8-14-13/h3-8,15H,1-2H3. The average Bonchev–Trinajstić information content (AvgIpc) is 2.36. The summed E-state index contributed by atoms with van der Waals surface area (Å²) in [6.07, 6.45) is 1.58. The second-order valence-corrected chi connectivity index (χ2v) is 3.54. The largest absolute Gasteiger partial charge is 0.508 e. The highest BCUT2D eigenvalue weighted by atomic mass is 16.5. The number of hydrogen-bond acceptors (Lipinski definition) is 4. The Hall–Kier alpha value is -2.23. The van der Waals surface area contributed by atoms with Gasteiger partial charge in [0.1, 0.15) is 17.2 Å². The van der Waals surface area contributed by atoms with Crippen molar-refractivity contribution in [1.29, 1.82) is 0 Å². The summed E-state index contributed by atoms with van der Waals surface area (Å²) in [5, 5.41) is 9.54. The van der Waals surface area contributed by atoms with Crippen molar-refractivity contribution in [3.63, 3.8) is 0 Å². The first-order valence-corrected chi connectivity index (χ1v) is 5.17. The molecule has 1 N–H and O–H groups in total. The van der Waals surface area contributed by atoms with Crippen LogP contribution in [-0.4, -0.2) is 17.2 Å². The third kappa shape index (κ3) is 2.47. The minimum Gasteiger partial charge on any atom is -0.508 e. The number of hydrogen-bond donors (Lipinski definition) is 1. The van der Waals surface area contributed by atoms with Gasteiger partial charge in [-0.2, -0.15) is 0 Å². The van der Waals surface area contributed by atoms with Crippen LogP contribution in [0.2, 0.25) is 0 Å². The van der Waals surface area contributed by atoms with E-state index >= 15 is 0 Å². The van der Waals surface area contributed by atoms with Crippen molar-refractivity contribution in [2.75, 3.05) is 7.11 Å². The molecule has 1 aromatic heterocycles. The van der Waals surface area contributed by atoms with Gasteiger partial charge in [0.05, 0.1) is 13.3 Å². The molecule has 0 radical (unpaired) electrons. The molecule has 0 fully saturated rings. The fraction of sp³-hybridized carbons (Fsp3) is 0.154. The zero-order valence-corrected chi connectivity index (χ0v) is 9.68. The normalized spacial score (nSPS) is 10.0. The molecule has 0 spiro atoms. The van der Waals surface area contributed by atoms with E-state index in [1.165, 1.54) is 0 Å². The van der Waals surface area contributed by atoms with Gasteiger partial charge in [0.2, 0.25) is 5.88 Å². The van der Waals surface area contributed by atoms with Crippen molar-refractivity contribution in [2.45, 2.75) is 6.92 Å². The molecule has 0 amide bonds. The van der Waals surface area contributed by atoms with Crippen LogP contribution >= 0.6 is 0 Å². The van der Waals surface area contributed by atoms with E-state index in [0.29, 0.717) is 22.9 Å². The maximum absolute atomic E-state index is 9.54. The number of nitrogens with zero attached hydrogens (tertiary/aromatic N) is 1. The predicted octanol–water partition coefficient (Wildman–Crippen LogP) is 2.90. The van der Waals surface area contributed by atoms with Crippen LogP contribution in [0, 0.1) is 6.92 Å². The molecule has 0 aliphatic rings. The summed E-state index contributed by atoms with van der Waals surface area (Å²) in [4.78, 5) is 4.09. The lowest BCUT2D eigenvalue weighted by molar-refractivity contribution is 0.406. The first kappa shape index (κ1) is 11.3. The van der Waals surface area contributed by atoms with Gasteiger partial charge in [-0.25, -0.2) is 4.98 Å². The molecule has 0 aliphatic heterocycles. The Labute approximate surface area is 99.5 Å². The zero-order chi connectivity index (χ0) is 12.3. The van der Waals surface area contributed by atoms with Crippen LogP contribution in [-0.2, 0) is 0 Å². The molecule has 17 heavy (non-hydrogen) atoms. The first-order valence-electron chi connectivity index (χ1n) is 5.17. The summed E-state index contributed by atoms with van der Waals surface area (Å²) in [6, 6.07) is 8.59. The molecule has 0 aliphatic carbocycles. The van der Waals surface area contributed by atoms with E-state index in [1.54, 1.807) is 50.6 Å². The average molecular weight is 231 g/mol. The molecule has 88 valence electrons. The number of pyridine rings is 1. The molecule has 4 heteroatoms. The highest BCUT2D eigenvalue weighted by Gasteiger charge is 2.05. The molecule has 1 aromatic carbocycles. The van der Waals surface area contributed by atoms with Gasteiger partial charge in [0.15, 0.2) is 0 Å². The van der Waals surface area contributed by atoms with E-state index in [9.17, 15) is 5.11 Å². The van der Waals surface area contributed by atoms with Crippen molar-refractivity contribution in [3.8, 4) is 23.1 Å². The Morgan fingerprint density at radius 3 is 2.65 bits per heavy atom. The van der Waals surface area contributed by atoms with Crippen LogP contribution < -0.4 is 9.47 Å². The van der Waals surface area contributed by atoms with E-state index in [4.69, 9.17) is 9.47 Å². The third-order valence-electron chi connectivity index (χ3n) is 2.41. The van der Waals surface area contributed by atoms with E-state index in [-0.39, 0.29) is 5.75 Å². The van der Waals surface area contributed by atoms with Gasteiger partial charge < -0.3 is 14.6 Å². The Kier molecular flexibility index (Phi) is 3.14. The topological polar surface area (TPSA) is 51.6 Å². The van der Waals surface area contributed by atoms with Crippen molar-refractivity contribution < 1.29 is 14.6 Å². The summed E-state index contributed by atoms with van der Waals surface area (Å²) in [5.41, 5.74) is 0.685. The van der Waals surface area contributed by atoms with Gasteiger partial charge in [-0.1, -0.05) is 6.07 Å². The first-order chi connectivity index (χ1) is 8.20. The van der Waals surface area contributed by atoms with Crippen LogP contribution in [0.5, 0.6) is 23.1 Å². The monoisotopic (exact) mass is 231 g/mol. The number of phenolic OH excluding ortho intramolecular Hbond substituents is 1. The molecule has 2 aromatic rings. The second kappa shape index (κ2) is 4.74. The summed E-state index contributed by atoms with van der Waals surface area (Å²) >= 11 is 0. The van der Waals surface area contributed by atoms with Crippen molar-refractivity contribution in [3.05, 3.63) is 42.1 Å². The third-order valence-corrected chi connectivity index (χ3v) is 2.41. The number of aromatic nitrogens is 1. The molecule has 0 unspecified atom stereocenters. The Balaban J connectivity index is 2.22. The molecule has 0 atom stereocenters.